The van der Waals surface area contributed by atoms with Gasteiger partial charge in [0.25, 0.3) is 0 Å². The zero-order chi connectivity index (χ0) is 16.6. The molecule has 1 heterocycles. The number of hydrogen-bond donors (Lipinski definition) is 0. The third-order valence-corrected chi connectivity index (χ3v) is 3.37. The summed E-state index contributed by atoms with van der Waals surface area (Å²) in [6.07, 6.45) is 0. The van der Waals surface area contributed by atoms with Crippen molar-refractivity contribution in [3.05, 3.63) is 95.7 Å². The Labute approximate surface area is 140 Å². The molecule has 0 saturated carbocycles. The Morgan fingerprint density at radius 2 is 1.38 bits per heavy atom. The van der Waals surface area contributed by atoms with Crippen molar-refractivity contribution >= 4 is 5.97 Å². The van der Waals surface area contributed by atoms with Crippen molar-refractivity contribution in [2.45, 2.75) is 13.2 Å². The Morgan fingerprint density at radius 1 is 0.750 bits per heavy atom. The highest BCUT2D eigenvalue weighted by atomic mass is 16.5. The summed E-state index contributed by atoms with van der Waals surface area (Å²) in [7, 11) is 0. The van der Waals surface area contributed by atoms with Crippen molar-refractivity contribution in [2.24, 2.45) is 0 Å². The number of hydrogen-bond acceptors (Lipinski definition) is 4. The summed E-state index contributed by atoms with van der Waals surface area (Å²) in [5.74, 6) is -0.0722. The van der Waals surface area contributed by atoms with Gasteiger partial charge in [0.2, 0.25) is 5.88 Å². The van der Waals surface area contributed by atoms with E-state index in [1.165, 1.54) is 0 Å². The molecular formula is C20H17NO3. The Morgan fingerprint density at radius 3 is 2.04 bits per heavy atom. The van der Waals surface area contributed by atoms with Crippen molar-refractivity contribution in [2.75, 3.05) is 0 Å². The van der Waals surface area contributed by atoms with Crippen molar-refractivity contribution in [1.82, 2.24) is 4.98 Å². The fraction of sp³-hybridized carbons (Fsp3) is 0.100. The molecule has 3 rings (SSSR count). The van der Waals surface area contributed by atoms with E-state index in [0.29, 0.717) is 12.5 Å². The molecule has 0 N–H and O–H groups in total. The molecule has 0 aliphatic rings. The Hall–Kier alpha value is -3.14. The first-order valence-electron chi connectivity index (χ1n) is 7.66. The quantitative estimate of drug-likeness (QED) is 0.644. The second-order valence-electron chi connectivity index (χ2n) is 5.20. The van der Waals surface area contributed by atoms with Gasteiger partial charge in [0, 0.05) is 6.07 Å². The first kappa shape index (κ1) is 15.7. The SMILES string of the molecule is O=C(OCc1ccccc1)c1cccc(OCc2ccccc2)n1. The molecule has 0 unspecified atom stereocenters. The molecule has 0 aliphatic carbocycles. The van der Waals surface area contributed by atoms with E-state index < -0.39 is 5.97 Å². The number of ether oxygens (including phenoxy) is 2. The lowest BCUT2D eigenvalue weighted by atomic mass is 10.2. The molecule has 4 heteroatoms. The number of aromatic nitrogens is 1. The zero-order valence-corrected chi connectivity index (χ0v) is 13.1. The topological polar surface area (TPSA) is 48.4 Å². The second-order valence-corrected chi connectivity index (χ2v) is 5.20. The van der Waals surface area contributed by atoms with Crippen LogP contribution in [0.5, 0.6) is 5.88 Å². The number of carbonyl (C=O) groups excluding carboxylic acids is 1. The molecule has 0 aliphatic heterocycles. The van der Waals surface area contributed by atoms with Gasteiger partial charge >= 0.3 is 5.97 Å². The summed E-state index contributed by atoms with van der Waals surface area (Å²) in [5, 5.41) is 0. The van der Waals surface area contributed by atoms with Crippen LogP contribution in [0.2, 0.25) is 0 Å². The third kappa shape index (κ3) is 4.43. The standard InChI is InChI=1S/C20H17NO3/c22-20(24-15-17-10-5-2-6-11-17)18-12-7-13-19(21-18)23-14-16-8-3-1-4-9-16/h1-13H,14-15H2. The molecule has 4 nitrogen and oxygen atoms in total. The highest BCUT2D eigenvalue weighted by Crippen LogP contribution is 2.12. The lowest BCUT2D eigenvalue weighted by Crippen LogP contribution is -2.08. The highest BCUT2D eigenvalue weighted by Gasteiger charge is 2.10. The Bertz CT molecular complexity index is 788. The highest BCUT2D eigenvalue weighted by molar-refractivity contribution is 5.87. The fourth-order valence-electron chi connectivity index (χ4n) is 2.14. The minimum absolute atomic E-state index is 0.219. The summed E-state index contributed by atoms with van der Waals surface area (Å²) in [4.78, 5) is 16.3. The van der Waals surface area contributed by atoms with Crippen LogP contribution >= 0.6 is 0 Å². The van der Waals surface area contributed by atoms with Gasteiger partial charge in [-0.3, -0.25) is 0 Å². The van der Waals surface area contributed by atoms with E-state index in [2.05, 4.69) is 4.98 Å². The fourth-order valence-corrected chi connectivity index (χ4v) is 2.14. The second kappa shape index (κ2) is 7.92. The number of rotatable bonds is 6. The van der Waals surface area contributed by atoms with E-state index >= 15 is 0 Å². The average molecular weight is 319 g/mol. The van der Waals surface area contributed by atoms with Gasteiger partial charge in [-0.15, -0.1) is 0 Å². The molecule has 0 saturated heterocycles. The minimum atomic E-state index is -0.469. The van der Waals surface area contributed by atoms with E-state index in [1.807, 2.05) is 60.7 Å². The Kier molecular flexibility index (Phi) is 5.20. The van der Waals surface area contributed by atoms with Crippen LogP contribution in [-0.2, 0) is 18.0 Å². The van der Waals surface area contributed by atoms with Crippen molar-refractivity contribution < 1.29 is 14.3 Å². The largest absolute Gasteiger partial charge is 0.473 e. The van der Waals surface area contributed by atoms with Gasteiger partial charge in [0.05, 0.1) is 0 Å². The van der Waals surface area contributed by atoms with Crippen molar-refractivity contribution in [3.63, 3.8) is 0 Å². The molecular weight excluding hydrogens is 302 g/mol. The average Bonchev–Trinajstić information content (AvgIpc) is 2.66. The monoisotopic (exact) mass is 319 g/mol. The van der Waals surface area contributed by atoms with E-state index in [0.717, 1.165) is 11.1 Å². The maximum absolute atomic E-state index is 12.1. The number of nitrogens with zero attached hydrogens (tertiary/aromatic N) is 1. The maximum Gasteiger partial charge on any atom is 0.357 e. The van der Waals surface area contributed by atoms with Gasteiger partial charge in [0.1, 0.15) is 13.2 Å². The first-order valence-corrected chi connectivity index (χ1v) is 7.66. The van der Waals surface area contributed by atoms with E-state index in [9.17, 15) is 4.79 Å². The molecule has 120 valence electrons. The lowest BCUT2D eigenvalue weighted by molar-refractivity contribution is 0.0464. The van der Waals surface area contributed by atoms with Crippen LogP contribution in [0, 0.1) is 0 Å². The molecule has 0 fully saturated rings. The lowest BCUT2D eigenvalue weighted by Gasteiger charge is -2.07. The van der Waals surface area contributed by atoms with Crippen LogP contribution in [0.15, 0.2) is 78.9 Å². The van der Waals surface area contributed by atoms with Gasteiger partial charge in [-0.2, -0.15) is 0 Å². The first-order chi connectivity index (χ1) is 11.8. The molecule has 0 bridgehead atoms. The van der Waals surface area contributed by atoms with Crippen LogP contribution in [0.25, 0.3) is 0 Å². The summed E-state index contributed by atoms with van der Waals surface area (Å²) in [6, 6.07) is 24.4. The van der Waals surface area contributed by atoms with Crippen LogP contribution in [0.1, 0.15) is 21.6 Å². The van der Waals surface area contributed by atoms with Crippen LogP contribution < -0.4 is 4.74 Å². The number of benzene rings is 2. The van der Waals surface area contributed by atoms with E-state index in [1.54, 1.807) is 18.2 Å². The predicted molar refractivity (Wildman–Crippen MR) is 90.6 cm³/mol. The van der Waals surface area contributed by atoms with Crippen LogP contribution in [-0.4, -0.2) is 11.0 Å². The smallest absolute Gasteiger partial charge is 0.357 e. The molecule has 0 atom stereocenters. The summed E-state index contributed by atoms with van der Waals surface area (Å²) in [5.41, 5.74) is 2.20. The summed E-state index contributed by atoms with van der Waals surface area (Å²) < 4.78 is 10.9. The molecule has 0 radical (unpaired) electrons. The van der Waals surface area contributed by atoms with E-state index in [4.69, 9.17) is 9.47 Å². The van der Waals surface area contributed by atoms with Gasteiger partial charge in [-0.1, -0.05) is 66.7 Å². The van der Waals surface area contributed by atoms with Crippen molar-refractivity contribution in [3.8, 4) is 5.88 Å². The van der Waals surface area contributed by atoms with E-state index in [-0.39, 0.29) is 12.3 Å². The Balaban J connectivity index is 1.59. The van der Waals surface area contributed by atoms with Gasteiger partial charge < -0.3 is 9.47 Å². The van der Waals surface area contributed by atoms with Gasteiger partial charge in [-0.05, 0) is 17.2 Å². The van der Waals surface area contributed by atoms with Crippen LogP contribution in [0.3, 0.4) is 0 Å². The van der Waals surface area contributed by atoms with Crippen LogP contribution in [0.4, 0.5) is 0 Å². The maximum atomic E-state index is 12.1. The zero-order valence-electron chi connectivity index (χ0n) is 13.1. The molecule has 0 amide bonds. The molecule has 1 aromatic heterocycles. The third-order valence-electron chi connectivity index (χ3n) is 3.37. The predicted octanol–water partition coefficient (Wildman–Crippen LogP) is 4.02. The van der Waals surface area contributed by atoms with Gasteiger partial charge in [0.15, 0.2) is 5.69 Å². The van der Waals surface area contributed by atoms with Gasteiger partial charge in [-0.25, -0.2) is 9.78 Å². The number of pyridine rings is 1. The number of esters is 1. The minimum Gasteiger partial charge on any atom is -0.473 e. The summed E-state index contributed by atoms with van der Waals surface area (Å²) in [6.45, 7) is 0.618. The molecule has 2 aromatic carbocycles. The van der Waals surface area contributed by atoms with Crippen molar-refractivity contribution in [1.29, 1.82) is 0 Å². The number of carbonyl (C=O) groups is 1. The molecule has 0 spiro atoms. The molecule has 3 aromatic rings. The molecule has 24 heavy (non-hydrogen) atoms. The summed E-state index contributed by atoms with van der Waals surface area (Å²) >= 11 is 0. The normalized spacial score (nSPS) is 10.2.